The highest BCUT2D eigenvalue weighted by atomic mass is 16.1. The zero-order chi connectivity index (χ0) is 12.3. The molecule has 2 N–H and O–H groups in total. The predicted octanol–water partition coefficient (Wildman–Crippen LogP) is 2.43. The predicted molar refractivity (Wildman–Crippen MR) is 68.7 cm³/mol. The molecular formula is C13H23N3O. The van der Waals surface area contributed by atoms with Crippen LogP contribution in [0.1, 0.15) is 51.1 Å². The van der Waals surface area contributed by atoms with Gasteiger partial charge in [-0.15, -0.1) is 0 Å². The lowest BCUT2D eigenvalue weighted by Crippen LogP contribution is -2.24. The summed E-state index contributed by atoms with van der Waals surface area (Å²) in [7, 11) is 0. The average Bonchev–Trinajstić information content (AvgIpc) is 2.83. The van der Waals surface area contributed by atoms with Gasteiger partial charge in [-0.1, -0.05) is 26.2 Å². The molecule has 0 atom stereocenters. The number of hydrogen-bond donors (Lipinski definition) is 2. The zero-order valence-electron chi connectivity index (χ0n) is 10.7. The summed E-state index contributed by atoms with van der Waals surface area (Å²) in [5.74, 6) is 0.186. The standard InChI is InChI=1S/C13H23N3O/c1-2-3-4-5-8-13(17)15-9-6-7-12-10-14-11-16-12/h10-11H,2-9H2,1H3,(H,14,16)(H,15,17). The average molecular weight is 237 g/mol. The Morgan fingerprint density at radius 2 is 2.24 bits per heavy atom. The Morgan fingerprint density at radius 1 is 1.35 bits per heavy atom. The van der Waals surface area contributed by atoms with Crippen molar-refractivity contribution in [3.05, 3.63) is 18.2 Å². The number of hydrogen-bond acceptors (Lipinski definition) is 2. The van der Waals surface area contributed by atoms with E-state index in [0.29, 0.717) is 6.42 Å². The van der Waals surface area contributed by atoms with E-state index in [-0.39, 0.29) is 5.91 Å². The van der Waals surface area contributed by atoms with Gasteiger partial charge in [-0.3, -0.25) is 4.79 Å². The number of carbonyl (C=O) groups excluding carboxylic acids is 1. The summed E-state index contributed by atoms with van der Waals surface area (Å²) in [5, 5.41) is 2.95. The molecule has 1 heterocycles. The summed E-state index contributed by atoms with van der Waals surface area (Å²) in [5.41, 5.74) is 1.13. The molecule has 1 aromatic rings. The van der Waals surface area contributed by atoms with Crippen LogP contribution in [0.15, 0.2) is 12.5 Å². The third-order valence-corrected chi connectivity index (χ3v) is 2.76. The third kappa shape index (κ3) is 6.76. The SMILES string of the molecule is CCCCCCC(=O)NCCCc1cnc[nH]1. The number of carbonyl (C=O) groups is 1. The molecule has 1 amide bonds. The van der Waals surface area contributed by atoms with Crippen molar-refractivity contribution in [2.75, 3.05) is 6.54 Å². The van der Waals surface area contributed by atoms with Gasteiger partial charge in [0.25, 0.3) is 0 Å². The maximum absolute atomic E-state index is 11.4. The Kier molecular flexibility index (Phi) is 7.11. The fraction of sp³-hybridized carbons (Fsp3) is 0.692. The fourth-order valence-electron chi connectivity index (χ4n) is 1.73. The van der Waals surface area contributed by atoms with Gasteiger partial charge in [0.1, 0.15) is 0 Å². The first-order valence-electron chi connectivity index (χ1n) is 6.57. The normalized spacial score (nSPS) is 10.4. The molecule has 0 aliphatic heterocycles. The molecule has 0 aromatic carbocycles. The quantitative estimate of drug-likeness (QED) is 0.648. The Bertz CT molecular complexity index is 296. The van der Waals surface area contributed by atoms with E-state index in [1.54, 1.807) is 6.33 Å². The molecule has 0 saturated carbocycles. The zero-order valence-corrected chi connectivity index (χ0v) is 10.7. The summed E-state index contributed by atoms with van der Waals surface area (Å²) in [6.45, 7) is 2.93. The van der Waals surface area contributed by atoms with Crippen molar-refractivity contribution in [3.8, 4) is 0 Å². The van der Waals surface area contributed by atoms with Crippen LogP contribution in [0.2, 0.25) is 0 Å². The molecule has 1 rings (SSSR count). The summed E-state index contributed by atoms with van der Waals surface area (Å²) in [6, 6.07) is 0. The number of aryl methyl sites for hydroxylation is 1. The molecular weight excluding hydrogens is 214 g/mol. The van der Waals surface area contributed by atoms with Crippen LogP contribution in [0.5, 0.6) is 0 Å². The first-order valence-corrected chi connectivity index (χ1v) is 6.57. The minimum Gasteiger partial charge on any atom is -0.356 e. The maximum Gasteiger partial charge on any atom is 0.219 e. The topological polar surface area (TPSA) is 57.8 Å². The van der Waals surface area contributed by atoms with Crippen molar-refractivity contribution in [1.29, 1.82) is 0 Å². The van der Waals surface area contributed by atoms with Gasteiger partial charge in [0, 0.05) is 24.9 Å². The number of nitrogens with one attached hydrogen (secondary N) is 2. The number of amides is 1. The van der Waals surface area contributed by atoms with E-state index in [1.165, 1.54) is 12.8 Å². The monoisotopic (exact) mass is 237 g/mol. The molecule has 0 bridgehead atoms. The van der Waals surface area contributed by atoms with Crippen molar-refractivity contribution in [2.45, 2.75) is 51.9 Å². The molecule has 0 unspecified atom stereocenters. The van der Waals surface area contributed by atoms with Crippen molar-refractivity contribution < 1.29 is 4.79 Å². The number of H-pyrrole nitrogens is 1. The van der Waals surface area contributed by atoms with Gasteiger partial charge in [-0.25, -0.2) is 4.98 Å². The lowest BCUT2D eigenvalue weighted by Gasteiger charge is -2.04. The van der Waals surface area contributed by atoms with Crippen LogP contribution in [0.3, 0.4) is 0 Å². The molecule has 4 heteroatoms. The van der Waals surface area contributed by atoms with E-state index in [4.69, 9.17) is 0 Å². The molecule has 0 spiro atoms. The summed E-state index contributed by atoms with van der Waals surface area (Å²) in [6.07, 6.45) is 10.7. The first kappa shape index (κ1) is 13.7. The number of unbranched alkanes of at least 4 members (excludes halogenated alkanes) is 3. The van der Waals surface area contributed by atoms with Gasteiger partial charge in [0.2, 0.25) is 5.91 Å². The molecule has 0 fully saturated rings. The van der Waals surface area contributed by atoms with E-state index >= 15 is 0 Å². The van der Waals surface area contributed by atoms with Gasteiger partial charge < -0.3 is 10.3 Å². The highest BCUT2D eigenvalue weighted by Crippen LogP contribution is 2.02. The van der Waals surface area contributed by atoms with Crippen molar-refractivity contribution in [3.63, 3.8) is 0 Å². The highest BCUT2D eigenvalue weighted by Gasteiger charge is 2.00. The summed E-state index contributed by atoms with van der Waals surface area (Å²) < 4.78 is 0. The van der Waals surface area contributed by atoms with Gasteiger partial charge in [-0.2, -0.15) is 0 Å². The number of aromatic amines is 1. The van der Waals surface area contributed by atoms with E-state index in [0.717, 1.165) is 37.9 Å². The van der Waals surface area contributed by atoms with Gasteiger partial charge in [0.05, 0.1) is 6.33 Å². The molecule has 0 aliphatic rings. The van der Waals surface area contributed by atoms with Crippen LogP contribution in [-0.4, -0.2) is 22.4 Å². The lowest BCUT2D eigenvalue weighted by molar-refractivity contribution is -0.121. The van der Waals surface area contributed by atoms with Gasteiger partial charge in [0.15, 0.2) is 0 Å². The van der Waals surface area contributed by atoms with Crippen LogP contribution in [0, 0.1) is 0 Å². The van der Waals surface area contributed by atoms with E-state index in [2.05, 4.69) is 22.2 Å². The van der Waals surface area contributed by atoms with Crippen LogP contribution < -0.4 is 5.32 Å². The number of rotatable bonds is 9. The Balaban J connectivity index is 1.93. The number of nitrogens with zero attached hydrogens (tertiary/aromatic N) is 1. The van der Waals surface area contributed by atoms with Gasteiger partial charge >= 0.3 is 0 Å². The smallest absolute Gasteiger partial charge is 0.219 e. The van der Waals surface area contributed by atoms with Crippen molar-refractivity contribution in [2.24, 2.45) is 0 Å². The fourth-order valence-corrected chi connectivity index (χ4v) is 1.73. The first-order chi connectivity index (χ1) is 8.33. The lowest BCUT2D eigenvalue weighted by atomic mass is 10.1. The van der Waals surface area contributed by atoms with Crippen LogP contribution in [-0.2, 0) is 11.2 Å². The molecule has 0 saturated heterocycles. The molecule has 4 nitrogen and oxygen atoms in total. The van der Waals surface area contributed by atoms with Crippen LogP contribution in [0.4, 0.5) is 0 Å². The molecule has 1 aromatic heterocycles. The second-order valence-electron chi connectivity index (χ2n) is 4.34. The Morgan fingerprint density at radius 3 is 2.94 bits per heavy atom. The largest absolute Gasteiger partial charge is 0.356 e. The summed E-state index contributed by atoms with van der Waals surface area (Å²) in [4.78, 5) is 18.4. The second kappa shape index (κ2) is 8.79. The van der Waals surface area contributed by atoms with Crippen LogP contribution in [0.25, 0.3) is 0 Å². The maximum atomic E-state index is 11.4. The minimum atomic E-state index is 0.186. The number of aromatic nitrogens is 2. The van der Waals surface area contributed by atoms with Crippen molar-refractivity contribution in [1.82, 2.24) is 15.3 Å². The van der Waals surface area contributed by atoms with E-state index < -0.39 is 0 Å². The molecule has 17 heavy (non-hydrogen) atoms. The molecule has 0 radical (unpaired) electrons. The molecule has 96 valence electrons. The third-order valence-electron chi connectivity index (χ3n) is 2.76. The summed E-state index contributed by atoms with van der Waals surface area (Å²) >= 11 is 0. The highest BCUT2D eigenvalue weighted by molar-refractivity contribution is 5.75. The van der Waals surface area contributed by atoms with Crippen LogP contribution >= 0.6 is 0 Å². The van der Waals surface area contributed by atoms with Crippen molar-refractivity contribution >= 4 is 5.91 Å². The van der Waals surface area contributed by atoms with Gasteiger partial charge in [-0.05, 0) is 19.3 Å². The Hall–Kier alpha value is -1.32. The molecule has 0 aliphatic carbocycles. The van der Waals surface area contributed by atoms with E-state index in [1.807, 2.05) is 6.20 Å². The Labute approximate surface area is 103 Å². The van der Waals surface area contributed by atoms with E-state index in [9.17, 15) is 4.79 Å². The second-order valence-corrected chi connectivity index (χ2v) is 4.34. The number of imidazole rings is 1. The minimum absolute atomic E-state index is 0.186.